The predicted octanol–water partition coefficient (Wildman–Crippen LogP) is 2.20. The van der Waals surface area contributed by atoms with Crippen LogP contribution in [-0.4, -0.2) is 66.3 Å². The van der Waals surface area contributed by atoms with E-state index in [0.29, 0.717) is 6.54 Å². The first-order valence-corrected chi connectivity index (χ1v) is 10.9. The van der Waals surface area contributed by atoms with Gasteiger partial charge in [0.25, 0.3) is 0 Å². The molecule has 4 unspecified atom stereocenters. The molecule has 32 heavy (non-hydrogen) atoms. The molecule has 4 atom stereocenters. The normalized spacial score (nSPS) is 28.1. The molecule has 2 aliphatic rings. The number of hydrogen-bond donors (Lipinski definition) is 3. The van der Waals surface area contributed by atoms with E-state index in [0.717, 1.165) is 51.0 Å². The SMILES string of the molecule is C=CC(=O)OCCO.CC1(C)CC(N=C=O)CC(C)(CN=C=O)C1.NC1CCCC(O)C1. The molecule has 9 heteroatoms. The maximum atomic E-state index is 10.3. The second-order valence-electron chi connectivity index (χ2n) is 9.52. The molecule has 0 aromatic rings. The second-order valence-corrected chi connectivity index (χ2v) is 9.52. The van der Waals surface area contributed by atoms with Crippen LogP contribution in [0.3, 0.4) is 0 Å². The van der Waals surface area contributed by atoms with Gasteiger partial charge in [-0.05, 0) is 55.8 Å². The Kier molecular flexibility index (Phi) is 14.6. The third kappa shape index (κ3) is 14.0. The van der Waals surface area contributed by atoms with Gasteiger partial charge in [-0.25, -0.2) is 24.4 Å². The lowest BCUT2D eigenvalue weighted by Gasteiger charge is -2.44. The lowest BCUT2D eigenvalue weighted by Crippen LogP contribution is -2.39. The molecule has 0 bridgehead atoms. The molecule has 0 spiro atoms. The van der Waals surface area contributed by atoms with Crippen LogP contribution in [0.25, 0.3) is 0 Å². The fourth-order valence-electron chi connectivity index (χ4n) is 4.49. The molecule has 0 radical (unpaired) electrons. The standard InChI is InChI=1S/C12H18N2O2.C6H13NO.C5H8O3/c1-11(2)4-10(14-9-16)5-12(3,6-11)7-13-8-15;7-5-2-1-3-6(8)4-5;1-2-5(7)8-4-3-6/h10H,4-7H2,1-3H3;5-6,8H,1-4,7H2;2,6H,1,3-4H2. The van der Waals surface area contributed by atoms with Gasteiger partial charge >= 0.3 is 5.97 Å². The van der Waals surface area contributed by atoms with E-state index in [1.807, 2.05) is 0 Å². The van der Waals surface area contributed by atoms with Gasteiger partial charge in [0, 0.05) is 12.1 Å². The first kappa shape index (κ1) is 29.9. The molecule has 2 saturated carbocycles. The van der Waals surface area contributed by atoms with Gasteiger partial charge in [-0.2, -0.15) is 0 Å². The predicted molar refractivity (Wildman–Crippen MR) is 121 cm³/mol. The van der Waals surface area contributed by atoms with E-state index in [-0.39, 0.29) is 42.2 Å². The van der Waals surface area contributed by atoms with Crippen molar-refractivity contribution >= 4 is 18.1 Å². The van der Waals surface area contributed by atoms with Gasteiger partial charge < -0.3 is 20.7 Å². The molecular weight excluding hydrogens is 414 g/mol. The quantitative estimate of drug-likeness (QED) is 0.241. The van der Waals surface area contributed by atoms with Crippen LogP contribution in [0.1, 0.15) is 65.7 Å². The van der Waals surface area contributed by atoms with Gasteiger partial charge in [0.15, 0.2) is 0 Å². The molecule has 0 aliphatic heterocycles. The molecule has 182 valence electrons. The minimum atomic E-state index is -0.501. The molecule has 4 N–H and O–H groups in total. The molecule has 0 aromatic carbocycles. The number of esters is 1. The number of aliphatic hydroxyl groups is 2. The van der Waals surface area contributed by atoms with Crippen molar-refractivity contribution in [2.75, 3.05) is 19.8 Å². The van der Waals surface area contributed by atoms with E-state index in [1.54, 1.807) is 12.2 Å². The van der Waals surface area contributed by atoms with Crippen molar-refractivity contribution in [3.63, 3.8) is 0 Å². The average molecular weight is 454 g/mol. The number of hydrogen-bond acceptors (Lipinski definition) is 9. The van der Waals surface area contributed by atoms with Crippen LogP contribution in [0.15, 0.2) is 22.6 Å². The van der Waals surface area contributed by atoms with Crippen LogP contribution >= 0.6 is 0 Å². The number of carbonyl (C=O) groups excluding carboxylic acids is 3. The summed E-state index contributed by atoms with van der Waals surface area (Å²) in [4.78, 5) is 38.2. The molecule has 0 heterocycles. The lowest BCUT2D eigenvalue weighted by molar-refractivity contribution is -0.138. The number of rotatable bonds is 6. The Morgan fingerprint density at radius 2 is 1.94 bits per heavy atom. The van der Waals surface area contributed by atoms with Crippen LogP contribution in [0.2, 0.25) is 0 Å². The van der Waals surface area contributed by atoms with E-state index < -0.39 is 5.97 Å². The zero-order valence-electron chi connectivity index (χ0n) is 19.6. The van der Waals surface area contributed by atoms with Gasteiger partial charge in [-0.1, -0.05) is 27.4 Å². The first-order valence-electron chi connectivity index (χ1n) is 10.9. The summed E-state index contributed by atoms with van der Waals surface area (Å²) in [6.07, 6.45) is 10.8. The second kappa shape index (κ2) is 15.6. The zero-order chi connectivity index (χ0) is 24.6. The van der Waals surface area contributed by atoms with Crippen molar-refractivity contribution < 1.29 is 29.3 Å². The number of aliphatic hydroxyl groups excluding tert-OH is 2. The first-order chi connectivity index (χ1) is 15.0. The molecule has 2 rings (SSSR count). The Morgan fingerprint density at radius 1 is 1.25 bits per heavy atom. The summed E-state index contributed by atoms with van der Waals surface area (Å²) in [5.74, 6) is -0.501. The summed E-state index contributed by atoms with van der Waals surface area (Å²) in [6.45, 7) is 9.92. The van der Waals surface area contributed by atoms with Crippen LogP contribution in [0.5, 0.6) is 0 Å². The summed E-state index contributed by atoms with van der Waals surface area (Å²) in [5, 5.41) is 17.1. The molecule has 2 aliphatic carbocycles. The van der Waals surface area contributed by atoms with Crippen molar-refractivity contribution in [3.05, 3.63) is 12.7 Å². The summed E-state index contributed by atoms with van der Waals surface area (Å²) in [6, 6.07) is 0.270. The molecule has 2 fully saturated rings. The number of ether oxygens (including phenoxy) is 1. The Hall–Kier alpha value is -2.15. The van der Waals surface area contributed by atoms with Crippen LogP contribution in [-0.2, 0) is 19.1 Å². The number of aliphatic imine (C=N–C) groups is 2. The highest BCUT2D eigenvalue weighted by atomic mass is 16.5. The van der Waals surface area contributed by atoms with Crippen molar-refractivity contribution in [3.8, 4) is 0 Å². The van der Waals surface area contributed by atoms with Crippen molar-refractivity contribution in [1.29, 1.82) is 0 Å². The smallest absolute Gasteiger partial charge is 0.330 e. The lowest BCUT2D eigenvalue weighted by atomic mass is 9.63. The van der Waals surface area contributed by atoms with Gasteiger partial charge in [0.05, 0.1) is 25.3 Å². The number of isocyanates is 2. The van der Waals surface area contributed by atoms with Crippen molar-refractivity contribution in [2.45, 2.75) is 83.9 Å². The summed E-state index contributed by atoms with van der Waals surface area (Å²) in [5.41, 5.74) is 5.62. The maximum Gasteiger partial charge on any atom is 0.330 e. The van der Waals surface area contributed by atoms with Crippen LogP contribution in [0.4, 0.5) is 0 Å². The Balaban J connectivity index is 0.000000504. The highest BCUT2D eigenvalue weighted by Crippen LogP contribution is 2.47. The fraction of sp³-hybridized carbons (Fsp3) is 0.783. The summed E-state index contributed by atoms with van der Waals surface area (Å²) >= 11 is 0. The zero-order valence-corrected chi connectivity index (χ0v) is 19.6. The Morgan fingerprint density at radius 3 is 2.41 bits per heavy atom. The topological polar surface area (TPSA) is 152 Å². The third-order valence-corrected chi connectivity index (χ3v) is 5.37. The number of nitrogens with zero attached hydrogens (tertiary/aromatic N) is 2. The minimum Gasteiger partial charge on any atom is -0.460 e. The van der Waals surface area contributed by atoms with Crippen molar-refractivity contribution in [1.82, 2.24) is 0 Å². The highest BCUT2D eigenvalue weighted by Gasteiger charge is 2.41. The maximum absolute atomic E-state index is 10.3. The van der Waals surface area contributed by atoms with Gasteiger partial charge in [-0.3, -0.25) is 0 Å². The molecule has 0 aromatic heterocycles. The summed E-state index contributed by atoms with van der Waals surface area (Å²) in [7, 11) is 0. The third-order valence-electron chi connectivity index (χ3n) is 5.37. The number of nitrogens with two attached hydrogens (primary N) is 1. The number of carbonyl (C=O) groups is 1. The molecule has 9 nitrogen and oxygen atoms in total. The average Bonchev–Trinajstić information content (AvgIpc) is 2.70. The largest absolute Gasteiger partial charge is 0.460 e. The molecule has 0 amide bonds. The minimum absolute atomic E-state index is 0.00750. The van der Waals surface area contributed by atoms with E-state index in [2.05, 4.69) is 42.1 Å². The van der Waals surface area contributed by atoms with Gasteiger partial charge in [-0.15, -0.1) is 0 Å². The van der Waals surface area contributed by atoms with E-state index in [1.165, 1.54) is 0 Å². The van der Waals surface area contributed by atoms with Crippen molar-refractivity contribution in [2.24, 2.45) is 26.5 Å². The Labute approximate surface area is 190 Å². The van der Waals surface area contributed by atoms with Crippen LogP contribution in [0, 0.1) is 10.8 Å². The van der Waals surface area contributed by atoms with E-state index in [4.69, 9.17) is 15.9 Å². The van der Waals surface area contributed by atoms with Gasteiger partial charge in [0.2, 0.25) is 12.2 Å². The van der Waals surface area contributed by atoms with E-state index in [9.17, 15) is 14.4 Å². The summed E-state index contributed by atoms with van der Waals surface area (Å²) < 4.78 is 4.33. The van der Waals surface area contributed by atoms with Gasteiger partial charge in [0.1, 0.15) is 6.61 Å². The monoisotopic (exact) mass is 453 g/mol. The highest BCUT2D eigenvalue weighted by molar-refractivity contribution is 5.81. The van der Waals surface area contributed by atoms with E-state index >= 15 is 0 Å². The molecular formula is C23H39N3O6. The van der Waals surface area contributed by atoms with Crippen LogP contribution < -0.4 is 5.73 Å². The molecule has 0 saturated heterocycles. The fourth-order valence-corrected chi connectivity index (χ4v) is 4.49. The Bertz CT molecular complexity index is 663.